The van der Waals surface area contributed by atoms with Crippen LogP contribution < -0.4 is 16.4 Å². The predicted octanol–water partition coefficient (Wildman–Crippen LogP) is -1.000. The summed E-state index contributed by atoms with van der Waals surface area (Å²) in [5.74, 6) is -0.328. The minimum atomic E-state index is -0.393. The van der Waals surface area contributed by atoms with Gasteiger partial charge in [-0.2, -0.15) is 5.10 Å². The van der Waals surface area contributed by atoms with Crippen molar-refractivity contribution in [2.45, 2.75) is 18.9 Å². The zero-order valence-corrected chi connectivity index (χ0v) is 8.62. The van der Waals surface area contributed by atoms with E-state index < -0.39 is 5.91 Å². The van der Waals surface area contributed by atoms with E-state index in [1.54, 1.807) is 0 Å². The molecular formula is C9H13N5O2. The Labute approximate surface area is 91.8 Å². The molecule has 7 nitrogen and oxygen atoms in total. The Morgan fingerprint density at radius 3 is 2.88 bits per heavy atom. The molecule has 0 radical (unpaired) electrons. The van der Waals surface area contributed by atoms with Crippen molar-refractivity contribution in [2.75, 3.05) is 12.3 Å². The molecule has 86 valence electrons. The average Bonchev–Trinajstić information content (AvgIpc) is 2.95. The van der Waals surface area contributed by atoms with Gasteiger partial charge in [0, 0.05) is 12.1 Å². The second-order valence-electron chi connectivity index (χ2n) is 3.73. The van der Waals surface area contributed by atoms with E-state index in [0.29, 0.717) is 6.04 Å². The van der Waals surface area contributed by atoms with Crippen LogP contribution in [-0.2, 0) is 4.79 Å². The van der Waals surface area contributed by atoms with Gasteiger partial charge in [0.1, 0.15) is 11.5 Å². The lowest BCUT2D eigenvalue weighted by Crippen LogP contribution is -2.37. The molecule has 5 N–H and O–H groups in total. The van der Waals surface area contributed by atoms with E-state index in [-0.39, 0.29) is 24.0 Å². The molecule has 0 aromatic carbocycles. The molecule has 7 heteroatoms. The zero-order chi connectivity index (χ0) is 11.5. The first kappa shape index (κ1) is 10.5. The smallest absolute Gasteiger partial charge is 0.269 e. The molecular weight excluding hydrogens is 210 g/mol. The second-order valence-corrected chi connectivity index (χ2v) is 3.73. The number of nitrogens with zero attached hydrogens (tertiary/aromatic N) is 1. The number of carbonyl (C=O) groups excluding carboxylic acids is 2. The molecule has 16 heavy (non-hydrogen) atoms. The lowest BCUT2D eigenvalue weighted by atomic mass is 10.4. The lowest BCUT2D eigenvalue weighted by Gasteiger charge is -2.04. The van der Waals surface area contributed by atoms with Crippen LogP contribution in [0.1, 0.15) is 23.3 Å². The predicted molar refractivity (Wildman–Crippen MR) is 56.5 cm³/mol. The summed E-state index contributed by atoms with van der Waals surface area (Å²) < 4.78 is 0. The average molecular weight is 223 g/mol. The zero-order valence-electron chi connectivity index (χ0n) is 8.62. The molecule has 1 aliphatic carbocycles. The first-order valence-corrected chi connectivity index (χ1v) is 5.03. The van der Waals surface area contributed by atoms with Gasteiger partial charge in [0.2, 0.25) is 5.91 Å². The van der Waals surface area contributed by atoms with E-state index in [4.69, 9.17) is 5.73 Å². The number of anilines is 1. The summed E-state index contributed by atoms with van der Waals surface area (Å²) in [5, 5.41) is 11.3. The number of aromatic amines is 1. The van der Waals surface area contributed by atoms with Crippen LogP contribution in [0.3, 0.4) is 0 Å². The molecule has 1 aliphatic rings. The van der Waals surface area contributed by atoms with Crippen molar-refractivity contribution in [3.05, 3.63) is 11.8 Å². The highest BCUT2D eigenvalue weighted by atomic mass is 16.2. The molecule has 0 spiro atoms. The van der Waals surface area contributed by atoms with Gasteiger partial charge in [-0.15, -0.1) is 0 Å². The van der Waals surface area contributed by atoms with E-state index in [1.165, 1.54) is 6.07 Å². The molecule has 1 saturated carbocycles. The van der Waals surface area contributed by atoms with Gasteiger partial charge in [-0.3, -0.25) is 14.7 Å². The summed E-state index contributed by atoms with van der Waals surface area (Å²) in [6.07, 6.45) is 2.05. The van der Waals surface area contributed by atoms with E-state index in [0.717, 1.165) is 12.8 Å². The van der Waals surface area contributed by atoms with Crippen LogP contribution in [-0.4, -0.2) is 34.6 Å². The van der Waals surface area contributed by atoms with Gasteiger partial charge in [0.15, 0.2) is 0 Å². The third-order valence-corrected chi connectivity index (χ3v) is 2.19. The lowest BCUT2D eigenvalue weighted by molar-refractivity contribution is -0.120. The summed E-state index contributed by atoms with van der Waals surface area (Å²) in [7, 11) is 0. The van der Waals surface area contributed by atoms with Gasteiger partial charge >= 0.3 is 0 Å². The van der Waals surface area contributed by atoms with Gasteiger partial charge in [0.05, 0.1) is 6.54 Å². The van der Waals surface area contributed by atoms with Crippen LogP contribution in [0, 0.1) is 0 Å². The third kappa shape index (κ3) is 2.72. The highest BCUT2D eigenvalue weighted by Crippen LogP contribution is 2.18. The molecule has 0 atom stereocenters. The first-order valence-electron chi connectivity index (χ1n) is 5.03. The normalized spacial score (nSPS) is 14.5. The minimum absolute atomic E-state index is 0.0335. The molecule has 0 aliphatic heterocycles. The first-order chi connectivity index (χ1) is 7.65. The van der Waals surface area contributed by atoms with E-state index in [1.807, 2.05) is 0 Å². The maximum Gasteiger partial charge on any atom is 0.269 e. The van der Waals surface area contributed by atoms with Crippen LogP contribution >= 0.6 is 0 Å². The maximum atomic E-state index is 11.4. The van der Waals surface area contributed by atoms with Gasteiger partial charge < -0.3 is 16.4 Å². The Morgan fingerprint density at radius 2 is 2.31 bits per heavy atom. The minimum Gasteiger partial charge on any atom is -0.382 e. The maximum absolute atomic E-state index is 11.4. The highest BCUT2D eigenvalue weighted by Gasteiger charge is 2.23. The number of rotatable bonds is 4. The highest BCUT2D eigenvalue weighted by molar-refractivity contribution is 5.95. The fourth-order valence-electron chi connectivity index (χ4n) is 1.22. The summed E-state index contributed by atoms with van der Waals surface area (Å²) in [5.41, 5.74) is 5.59. The van der Waals surface area contributed by atoms with E-state index >= 15 is 0 Å². The van der Waals surface area contributed by atoms with Crippen molar-refractivity contribution in [2.24, 2.45) is 0 Å². The van der Waals surface area contributed by atoms with Crippen LogP contribution in [0.25, 0.3) is 0 Å². The van der Waals surface area contributed by atoms with Crippen LogP contribution in [0.15, 0.2) is 6.07 Å². The fourth-order valence-corrected chi connectivity index (χ4v) is 1.22. The number of hydrogen-bond acceptors (Lipinski definition) is 4. The Hall–Kier alpha value is -2.05. The van der Waals surface area contributed by atoms with Crippen molar-refractivity contribution < 1.29 is 9.59 Å². The Morgan fingerprint density at radius 1 is 1.56 bits per heavy atom. The van der Waals surface area contributed by atoms with Gasteiger partial charge in [-0.1, -0.05) is 0 Å². The van der Waals surface area contributed by atoms with E-state index in [9.17, 15) is 9.59 Å². The number of nitrogens with one attached hydrogen (secondary N) is 3. The van der Waals surface area contributed by atoms with Crippen LogP contribution in [0.5, 0.6) is 0 Å². The molecule has 0 unspecified atom stereocenters. The summed E-state index contributed by atoms with van der Waals surface area (Å²) in [6, 6.07) is 1.71. The third-order valence-electron chi connectivity index (χ3n) is 2.19. The number of aromatic nitrogens is 2. The quantitative estimate of drug-likeness (QED) is 0.524. The molecule has 2 amide bonds. The molecule has 1 aromatic rings. The Balaban J connectivity index is 1.76. The number of carbonyl (C=O) groups is 2. The number of hydrogen-bond donors (Lipinski definition) is 4. The number of H-pyrrole nitrogens is 1. The van der Waals surface area contributed by atoms with Gasteiger partial charge in [-0.25, -0.2) is 0 Å². The summed E-state index contributed by atoms with van der Waals surface area (Å²) in [6.45, 7) is -0.0335. The van der Waals surface area contributed by atoms with Crippen molar-refractivity contribution in [3.8, 4) is 0 Å². The molecule has 2 rings (SSSR count). The summed E-state index contributed by atoms with van der Waals surface area (Å²) in [4.78, 5) is 22.7. The Bertz CT molecular complexity index is 410. The van der Waals surface area contributed by atoms with Crippen LogP contribution in [0.4, 0.5) is 5.82 Å². The monoisotopic (exact) mass is 223 g/mol. The largest absolute Gasteiger partial charge is 0.382 e. The van der Waals surface area contributed by atoms with Gasteiger partial charge in [-0.05, 0) is 12.8 Å². The van der Waals surface area contributed by atoms with Crippen molar-refractivity contribution >= 4 is 17.6 Å². The summed E-state index contributed by atoms with van der Waals surface area (Å²) >= 11 is 0. The second kappa shape index (κ2) is 4.21. The van der Waals surface area contributed by atoms with Crippen molar-refractivity contribution in [1.29, 1.82) is 0 Å². The van der Waals surface area contributed by atoms with Crippen molar-refractivity contribution in [1.82, 2.24) is 20.8 Å². The number of amides is 2. The molecule has 0 bridgehead atoms. The number of nitrogens with two attached hydrogens (primary N) is 1. The fraction of sp³-hybridized carbons (Fsp3) is 0.444. The SMILES string of the molecule is Nc1cc(C(=O)NCC(=O)NC2CC2)[nH]n1. The molecule has 1 fully saturated rings. The molecule has 1 aromatic heterocycles. The number of nitrogen functional groups attached to an aromatic ring is 1. The topological polar surface area (TPSA) is 113 Å². The Kier molecular flexibility index (Phi) is 2.76. The standard InChI is InChI=1S/C9H13N5O2/c10-7-3-6(13-14-7)9(16)11-4-8(15)12-5-1-2-5/h3,5H,1-2,4H2,(H,11,16)(H,12,15)(H3,10,13,14). The van der Waals surface area contributed by atoms with Gasteiger partial charge in [0.25, 0.3) is 5.91 Å². The van der Waals surface area contributed by atoms with Crippen LogP contribution in [0.2, 0.25) is 0 Å². The molecule has 0 saturated heterocycles. The van der Waals surface area contributed by atoms with E-state index in [2.05, 4.69) is 20.8 Å². The van der Waals surface area contributed by atoms with Crippen molar-refractivity contribution in [3.63, 3.8) is 0 Å². The molecule has 1 heterocycles.